The van der Waals surface area contributed by atoms with Crippen LogP contribution in [0.1, 0.15) is 29.3 Å². The predicted octanol–water partition coefficient (Wildman–Crippen LogP) is 3.41. The molecule has 26 heavy (non-hydrogen) atoms. The van der Waals surface area contributed by atoms with Crippen LogP contribution < -0.4 is 5.32 Å². The topological polar surface area (TPSA) is 52.0 Å². The van der Waals surface area contributed by atoms with Crippen molar-refractivity contribution in [3.63, 3.8) is 0 Å². The zero-order valence-electron chi connectivity index (χ0n) is 15.2. The summed E-state index contributed by atoms with van der Waals surface area (Å²) in [7, 11) is 1.97. The normalized spacial score (nSPS) is 19.8. The number of nitrogens with one attached hydrogen (secondary N) is 1. The van der Waals surface area contributed by atoms with E-state index in [2.05, 4.69) is 52.7 Å². The number of nitrogens with zero attached hydrogens (tertiary/aromatic N) is 3. The van der Waals surface area contributed by atoms with Crippen LogP contribution >= 0.6 is 0 Å². The van der Waals surface area contributed by atoms with Gasteiger partial charge in [0, 0.05) is 49.9 Å². The lowest BCUT2D eigenvalue weighted by Gasteiger charge is -2.20. The number of rotatable bonds is 5. The minimum Gasteiger partial charge on any atom is -0.372 e. The Hall–Kier alpha value is -2.50. The molecule has 4 rings (SSSR count). The van der Waals surface area contributed by atoms with Gasteiger partial charge in [-0.1, -0.05) is 24.3 Å². The van der Waals surface area contributed by atoms with E-state index in [1.165, 1.54) is 22.4 Å². The molecule has 1 N–H and O–H groups in total. The van der Waals surface area contributed by atoms with Gasteiger partial charge < -0.3 is 10.1 Å². The first-order valence-electron chi connectivity index (χ1n) is 9.05. The lowest BCUT2D eigenvalue weighted by Crippen LogP contribution is -2.31. The average Bonchev–Trinajstić information content (AvgIpc) is 3.28. The molecule has 1 aromatic carbocycles. The van der Waals surface area contributed by atoms with Crippen molar-refractivity contribution in [2.75, 3.05) is 6.61 Å². The van der Waals surface area contributed by atoms with Gasteiger partial charge in [0.2, 0.25) is 0 Å². The minimum absolute atomic E-state index is 0.0743. The Labute approximate surface area is 154 Å². The summed E-state index contributed by atoms with van der Waals surface area (Å²) in [6, 6.07) is 13.0. The molecule has 3 aromatic rings. The van der Waals surface area contributed by atoms with Gasteiger partial charge in [-0.3, -0.25) is 9.67 Å². The van der Waals surface area contributed by atoms with Gasteiger partial charge in [-0.2, -0.15) is 5.10 Å². The highest BCUT2D eigenvalue weighted by Gasteiger charge is 2.31. The number of hydrogen-bond acceptors (Lipinski definition) is 4. The quantitative estimate of drug-likeness (QED) is 0.768. The Morgan fingerprint density at radius 3 is 2.85 bits per heavy atom. The number of aryl methyl sites for hydroxylation is 1. The van der Waals surface area contributed by atoms with Crippen LogP contribution in [0.4, 0.5) is 0 Å². The van der Waals surface area contributed by atoms with Crippen molar-refractivity contribution < 1.29 is 4.74 Å². The fourth-order valence-electron chi connectivity index (χ4n) is 3.54. The lowest BCUT2D eigenvalue weighted by molar-refractivity contribution is 0.0979. The van der Waals surface area contributed by atoms with Gasteiger partial charge >= 0.3 is 0 Å². The van der Waals surface area contributed by atoms with Gasteiger partial charge in [-0.25, -0.2) is 0 Å². The molecule has 0 radical (unpaired) electrons. The zero-order chi connectivity index (χ0) is 17.9. The van der Waals surface area contributed by atoms with Gasteiger partial charge in [-0.15, -0.1) is 0 Å². The van der Waals surface area contributed by atoms with Crippen LogP contribution in [0.2, 0.25) is 0 Å². The smallest absolute Gasteiger partial charge is 0.101 e. The lowest BCUT2D eigenvalue weighted by atomic mass is 10.0. The van der Waals surface area contributed by atoms with Crippen LogP contribution in [0.5, 0.6) is 0 Å². The molecule has 0 spiro atoms. The highest BCUT2D eigenvalue weighted by atomic mass is 16.5. The van der Waals surface area contributed by atoms with E-state index >= 15 is 0 Å². The van der Waals surface area contributed by atoms with Crippen LogP contribution in [-0.2, 0) is 18.3 Å². The van der Waals surface area contributed by atoms with Gasteiger partial charge in [0.05, 0.1) is 6.20 Å². The molecule has 0 unspecified atom stereocenters. The van der Waals surface area contributed by atoms with Crippen molar-refractivity contribution in [2.24, 2.45) is 7.05 Å². The number of aromatic nitrogens is 3. The van der Waals surface area contributed by atoms with E-state index in [9.17, 15) is 0 Å². The standard InChI is InChI=1S/C21H24N4O/c1-15-19(14-24-25(15)2)21-20(8-10-26-21)23-12-16-5-3-6-17(11-16)18-7-4-9-22-13-18/h3-7,9,11,13-14,20-21,23H,8,10,12H2,1-2H3/t20-,21+/m0/s1. The molecule has 0 bridgehead atoms. The van der Waals surface area contributed by atoms with Gasteiger partial charge in [0.1, 0.15) is 6.10 Å². The molecule has 0 aliphatic carbocycles. The summed E-state index contributed by atoms with van der Waals surface area (Å²) < 4.78 is 7.91. The fourth-order valence-corrected chi connectivity index (χ4v) is 3.54. The van der Waals surface area contributed by atoms with E-state index in [1.807, 2.05) is 30.2 Å². The molecule has 1 aliphatic heterocycles. The highest BCUT2D eigenvalue weighted by Crippen LogP contribution is 2.31. The molecular formula is C21H24N4O. The third kappa shape index (κ3) is 3.41. The fraction of sp³-hybridized carbons (Fsp3) is 0.333. The Balaban J connectivity index is 1.46. The largest absolute Gasteiger partial charge is 0.372 e. The van der Waals surface area contributed by atoms with Crippen LogP contribution in [0.25, 0.3) is 11.1 Å². The van der Waals surface area contributed by atoms with Gasteiger partial charge in [-0.05, 0) is 42.2 Å². The van der Waals surface area contributed by atoms with Gasteiger partial charge in [0.25, 0.3) is 0 Å². The SMILES string of the molecule is Cc1c([C@H]2OCC[C@@H]2NCc2cccc(-c3cccnc3)c2)cnn1C. The molecule has 3 heterocycles. The van der Waals surface area contributed by atoms with Crippen molar-refractivity contribution in [1.82, 2.24) is 20.1 Å². The Kier molecular flexibility index (Phi) is 4.82. The molecule has 1 fully saturated rings. The molecule has 1 aliphatic rings. The first-order valence-corrected chi connectivity index (χ1v) is 9.05. The molecule has 0 amide bonds. The number of benzene rings is 1. The Morgan fingerprint density at radius 2 is 2.08 bits per heavy atom. The van der Waals surface area contributed by atoms with Crippen LogP contribution in [0.3, 0.4) is 0 Å². The zero-order valence-corrected chi connectivity index (χ0v) is 15.2. The van der Waals surface area contributed by atoms with Gasteiger partial charge in [0.15, 0.2) is 0 Å². The molecule has 5 nitrogen and oxygen atoms in total. The van der Waals surface area contributed by atoms with E-state index in [-0.39, 0.29) is 6.10 Å². The number of ether oxygens (including phenoxy) is 1. The first kappa shape index (κ1) is 16.9. The van der Waals surface area contributed by atoms with E-state index in [0.29, 0.717) is 6.04 Å². The molecular weight excluding hydrogens is 324 g/mol. The summed E-state index contributed by atoms with van der Waals surface area (Å²) in [6.45, 7) is 3.70. The van der Waals surface area contributed by atoms with Crippen molar-refractivity contribution in [3.8, 4) is 11.1 Å². The number of pyridine rings is 1. The van der Waals surface area contributed by atoms with Crippen LogP contribution in [-0.4, -0.2) is 27.4 Å². The second kappa shape index (κ2) is 7.40. The molecule has 0 saturated carbocycles. The molecule has 1 saturated heterocycles. The molecule has 134 valence electrons. The van der Waals surface area contributed by atoms with Crippen molar-refractivity contribution in [3.05, 3.63) is 71.8 Å². The Bertz CT molecular complexity index is 875. The van der Waals surface area contributed by atoms with E-state index < -0.39 is 0 Å². The summed E-state index contributed by atoms with van der Waals surface area (Å²) in [5.41, 5.74) is 5.95. The van der Waals surface area contributed by atoms with E-state index in [1.54, 1.807) is 6.20 Å². The van der Waals surface area contributed by atoms with Crippen molar-refractivity contribution in [2.45, 2.75) is 32.0 Å². The third-order valence-electron chi connectivity index (χ3n) is 5.16. The van der Waals surface area contributed by atoms with Crippen molar-refractivity contribution >= 4 is 0 Å². The van der Waals surface area contributed by atoms with E-state index in [0.717, 1.165) is 25.1 Å². The minimum atomic E-state index is 0.0743. The summed E-state index contributed by atoms with van der Waals surface area (Å²) in [6.07, 6.45) is 6.73. The average molecular weight is 348 g/mol. The van der Waals surface area contributed by atoms with Crippen molar-refractivity contribution in [1.29, 1.82) is 0 Å². The molecule has 2 atom stereocenters. The monoisotopic (exact) mass is 348 g/mol. The maximum absolute atomic E-state index is 6.00. The summed E-state index contributed by atoms with van der Waals surface area (Å²) in [4.78, 5) is 4.21. The highest BCUT2D eigenvalue weighted by molar-refractivity contribution is 5.62. The Morgan fingerprint density at radius 1 is 1.19 bits per heavy atom. The third-order valence-corrected chi connectivity index (χ3v) is 5.16. The number of hydrogen-bond donors (Lipinski definition) is 1. The molecule has 5 heteroatoms. The maximum Gasteiger partial charge on any atom is 0.101 e. The van der Waals surface area contributed by atoms with E-state index in [4.69, 9.17) is 4.74 Å². The first-order chi connectivity index (χ1) is 12.7. The van der Waals surface area contributed by atoms with Crippen LogP contribution in [0, 0.1) is 6.92 Å². The second-order valence-electron chi connectivity index (χ2n) is 6.82. The summed E-state index contributed by atoms with van der Waals surface area (Å²) in [5, 5.41) is 8.05. The molecule has 2 aromatic heterocycles. The summed E-state index contributed by atoms with van der Waals surface area (Å²) >= 11 is 0. The van der Waals surface area contributed by atoms with Crippen LogP contribution in [0.15, 0.2) is 55.0 Å². The second-order valence-corrected chi connectivity index (χ2v) is 6.82. The summed E-state index contributed by atoms with van der Waals surface area (Å²) in [5.74, 6) is 0. The maximum atomic E-state index is 6.00. The predicted molar refractivity (Wildman–Crippen MR) is 102 cm³/mol.